The van der Waals surface area contributed by atoms with Crippen molar-refractivity contribution in [3.8, 4) is 5.82 Å². The molecule has 18 heavy (non-hydrogen) atoms. The summed E-state index contributed by atoms with van der Waals surface area (Å²) < 4.78 is 2.00. The Bertz CT molecular complexity index is 549. The molecule has 2 aromatic rings. The predicted octanol–water partition coefficient (Wildman–Crippen LogP) is 3.09. The summed E-state index contributed by atoms with van der Waals surface area (Å²) in [5, 5.41) is 3.37. The van der Waals surface area contributed by atoms with E-state index in [-0.39, 0.29) is 5.54 Å². The molecular formula is C14H20N4. The second-order valence-electron chi connectivity index (χ2n) is 5.54. The Morgan fingerprint density at radius 2 is 1.89 bits per heavy atom. The lowest BCUT2D eigenvalue weighted by molar-refractivity contribution is 0.630. The molecule has 0 atom stereocenters. The predicted molar refractivity (Wildman–Crippen MR) is 74.2 cm³/mol. The Morgan fingerprint density at radius 1 is 1.17 bits per heavy atom. The van der Waals surface area contributed by atoms with E-state index in [0.29, 0.717) is 0 Å². The van der Waals surface area contributed by atoms with E-state index in [0.717, 1.165) is 23.0 Å². The largest absolute Gasteiger partial charge is 0.365 e. The van der Waals surface area contributed by atoms with Gasteiger partial charge in [0.05, 0.1) is 5.69 Å². The molecule has 0 aliphatic carbocycles. The molecule has 0 bridgehead atoms. The molecule has 4 nitrogen and oxygen atoms in total. The fraction of sp³-hybridized carbons (Fsp3) is 0.429. The van der Waals surface area contributed by atoms with Gasteiger partial charge >= 0.3 is 0 Å². The number of pyridine rings is 1. The lowest BCUT2D eigenvalue weighted by atomic mass is 10.1. The van der Waals surface area contributed by atoms with Crippen LogP contribution in [0.3, 0.4) is 0 Å². The van der Waals surface area contributed by atoms with E-state index in [9.17, 15) is 0 Å². The topological polar surface area (TPSA) is 42.7 Å². The lowest BCUT2D eigenvalue weighted by Gasteiger charge is -2.21. The van der Waals surface area contributed by atoms with E-state index < -0.39 is 0 Å². The van der Waals surface area contributed by atoms with Gasteiger partial charge in [0.15, 0.2) is 0 Å². The van der Waals surface area contributed by atoms with E-state index in [1.54, 1.807) is 0 Å². The number of nitrogens with one attached hydrogen (secondary N) is 1. The molecule has 0 aliphatic rings. The molecule has 1 N–H and O–H groups in total. The summed E-state index contributed by atoms with van der Waals surface area (Å²) in [5.74, 6) is 1.77. The Kier molecular flexibility index (Phi) is 3.11. The summed E-state index contributed by atoms with van der Waals surface area (Å²) in [6, 6.07) is 5.97. The molecule has 0 unspecified atom stereocenters. The SMILES string of the molecule is Cc1ncn(-c2cccc(NC(C)(C)C)n2)c1C. The molecule has 0 radical (unpaired) electrons. The van der Waals surface area contributed by atoms with Crippen LogP contribution in [0.15, 0.2) is 24.5 Å². The van der Waals surface area contributed by atoms with Gasteiger partial charge in [-0.2, -0.15) is 0 Å². The number of hydrogen-bond donors (Lipinski definition) is 1. The minimum absolute atomic E-state index is 0.00548. The van der Waals surface area contributed by atoms with Gasteiger partial charge in [-0.3, -0.25) is 4.57 Å². The van der Waals surface area contributed by atoms with Gasteiger partial charge in [-0.1, -0.05) is 6.07 Å². The third kappa shape index (κ3) is 2.70. The van der Waals surface area contributed by atoms with Crippen molar-refractivity contribution in [2.75, 3.05) is 5.32 Å². The van der Waals surface area contributed by atoms with Crippen LogP contribution in [0.2, 0.25) is 0 Å². The van der Waals surface area contributed by atoms with Crippen LogP contribution in [0.1, 0.15) is 32.2 Å². The summed E-state index contributed by atoms with van der Waals surface area (Å²) >= 11 is 0. The zero-order valence-electron chi connectivity index (χ0n) is 11.7. The molecule has 0 fully saturated rings. The van der Waals surface area contributed by atoms with Crippen LogP contribution < -0.4 is 5.32 Å². The summed E-state index contributed by atoms with van der Waals surface area (Å²) in [6.07, 6.45) is 1.81. The maximum absolute atomic E-state index is 4.61. The molecule has 0 spiro atoms. The van der Waals surface area contributed by atoms with Crippen molar-refractivity contribution in [1.82, 2.24) is 14.5 Å². The lowest BCUT2D eigenvalue weighted by Crippen LogP contribution is -2.26. The quantitative estimate of drug-likeness (QED) is 0.882. The van der Waals surface area contributed by atoms with E-state index in [2.05, 4.69) is 36.1 Å². The van der Waals surface area contributed by atoms with Gasteiger partial charge in [-0.15, -0.1) is 0 Å². The van der Waals surface area contributed by atoms with Crippen molar-refractivity contribution in [3.63, 3.8) is 0 Å². The molecule has 4 heteroatoms. The van der Waals surface area contributed by atoms with Gasteiger partial charge in [-0.25, -0.2) is 9.97 Å². The fourth-order valence-corrected chi connectivity index (χ4v) is 1.74. The van der Waals surface area contributed by atoms with Gasteiger partial charge < -0.3 is 5.32 Å². The van der Waals surface area contributed by atoms with Crippen LogP contribution in [0.4, 0.5) is 5.82 Å². The number of nitrogens with zero attached hydrogens (tertiary/aromatic N) is 3. The second kappa shape index (κ2) is 4.44. The fourth-order valence-electron chi connectivity index (χ4n) is 1.74. The smallest absolute Gasteiger partial charge is 0.140 e. The average Bonchev–Trinajstić information content (AvgIpc) is 2.58. The highest BCUT2D eigenvalue weighted by Crippen LogP contribution is 2.16. The van der Waals surface area contributed by atoms with Crippen molar-refractivity contribution < 1.29 is 0 Å². The second-order valence-corrected chi connectivity index (χ2v) is 5.54. The number of imidazole rings is 1. The van der Waals surface area contributed by atoms with Crippen molar-refractivity contribution >= 4 is 5.82 Å². The first-order valence-electron chi connectivity index (χ1n) is 6.13. The molecular weight excluding hydrogens is 224 g/mol. The molecule has 2 heterocycles. The summed E-state index contributed by atoms with van der Waals surface area (Å²) in [4.78, 5) is 8.91. The highest BCUT2D eigenvalue weighted by atomic mass is 15.1. The molecule has 0 saturated heterocycles. The molecule has 0 amide bonds. The highest BCUT2D eigenvalue weighted by molar-refractivity contribution is 5.42. The number of aryl methyl sites for hydroxylation is 1. The number of hydrogen-bond acceptors (Lipinski definition) is 3. The van der Waals surface area contributed by atoms with E-state index >= 15 is 0 Å². The molecule has 0 aromatic carbocycles. The van der Waals surface area contributed by atoms with Crippen molar-refractivity contribution in [3.05, 3.63) is 35.9 Å². The van der Waals surface area contributed by atoms with Crippen LogP contribution in [-0.2, 0) is 0 Å². The Morgan fingerprint density at radius 3 is 2.44 bits per heavy atom. The Labute approximate surface area is 108 Å². The van der Waals surface area contributed by atoms with Gasteiger partial charge in [0.25, 0.3) is 0 Å². The average molecular weight is 244 g/mol. The van der Waals surface area contributed by atoms with Crippen LogP contribution in [0.5, 0.6) is 0 Å². The minimum atomic E-state index is 0.00548. The first kappa shape index (κ1) is 12.6. The Balaban J connectivity index is 2.36. The van der Waals surface area contributed by atoms with Crippen LogP contribution in [0, 0.1) is 13.8 Å². The maximum atomic E-state index is 4.61. The number of anilines is 1. The number of rotatable bonds is 2. The summed E-state index contributed by atoms with van der Waals surface area (Å²) in [7, 11) is 0. The monoisotopic (exact) mass is 244 g/mol. The molecule has 0 saturated carbocycles. The molecule has 2 rings (SSSR count). The molecule has 0 aliphatic heterocycles. The van der Waals surface area contributed by atoms with Crippen LogP contribution in [0.25, 0.3) is 5.82 Å². The van der Waals surface area contributed by atoms with Gasteiger partial charge in [-0.05, 0) is 46.8 Å². The third-order valence-electron chi connectivity index (χ3n) is 2.74. The van der Waals surface area contributed by atoms with Crippen molar-refractivity contribution in [1.29, 1.82) is 0 Å². The van der Waals surface area contributed by atoms with Crippen molar-refractivity contribution in [2.24, 2.45) is 0 Å². The normalized spacial score (nSPS) is 11.6. The summed E-state index contributed by atoms with van der Waals surface area (Å²) in [5.41, 5.74) is 2.16. The van der Waals surface area contributed by atoms with E-state index in [1.807, 2.05) is 42.9 Å². The third-order valence-corrected chi connectivity index (χ3v) is 2.74. The molecule has 2 aromatic heterocycles. The van der Waals surface area contributed by atoms with Gasteiger partial charge in [0, 0.05) is 11.2 Å². The van der Waals surface area contributed by atoms with Crippen LogP contribution >= 0.6 is 0 Å². The van der Waals surface area contributed by atoms with Gasteiger partial charge in [0.2, 0.25) is 0 Å². The number of aromatic nitrogens is 3. The van der Waals surface area contributed by atoms with Gasteiger partial charge in [0.1, 0.15) is 18.0 Å². The standard InChI is InChI=1S/C14H20N4/c1-10-11(2)18(9-15-10)13-8-6-7-12(16-13)17-14(3,4)5/h6-9H,1-5H3,(H,16,17). The minimum Gasteiger partial charge on any atom is -0.365 e. The van der Waals surface area contributed by atoms with Crippen LogP contribution in [-0.4, -0.2) is 20.1 Å². The highest BCUT2D eigenvalue weighted by Gasteiger charge is 2.11. The first-order chi connectivity index (χ1) is 8.37. The summed E-state index contributed by atoms with van der Waals surface area (Å²) in [6.45, 7) is 10.4. The first-order valence-corrected chi connectivity index (χ1v) is 6.13. The Hall–Kier alpha value is -1.84. The van der Waals surface area contributed by atoms with Crippen molar-refractivity contribution in [2.45, 2.75) is 40.2 Å². The zero-order valence-corrected chi connectivity index (χ0v) is 11.7. The maximum Gasteiger partial charge on any atom is 0.140 e. The molecule has 96 valence electrons. The van der Waals surface area contributed by atoms with E-state index in [4.69, 9.17) is 0 Å². The zero-order chi connectivity index (χ0) is 13.3. The van der Waals surface area contributed by atoms with E-state index in [1.165, 1.54) is 0 Å².